The molecule has 0 saturated heterocycles. The summed E-state index contributed by atoms with van der Waals surface area (Å²) >= 11 is 10.1. The van der Waals surface area contributed by atoms with Crippen molar-refractivity contribution in [1.29, 1.82) is 0 Å². The van der Waals surface area contributed by atoms with Crippen LogP contribution in [0, 0.1) is 23.7 Å². The SMILES string of the molecule is Clc1ccc2c(c1)-c1ccc(Br)cc1C21C2CC3CC(C2)CC1C3. The Morgan fingerprint density at radius 2 is 1.50 bits per heavy atom. The summed E-state index contributed by atoms with van der Waals surface area (Å²) in [7, 11) is 0. The predicted octanol–water partition coefficient (Wildman–Crippen LogP) is 6.83. The molecule has 4 fully saturated rings. The maximum absolute atomic E-state index is 6.39. The Bertz CT molecular complexity index is 840. The van der Waals surface area contributed by atoms with E-state index in [9.17, 15) is 0 Å². The number of halogens is 2. The van der Waals surface area contributed by atoms with E-state index in [1.807, 2.05) is 0 Å². The molecule has 7 rings (SSSR count). The maximum Gasteiger partial charge on any atom is 0.0412 e. The lowest BCUT2D eigenvalue weighted by molar-refractivity contribution is -0.0399. The van der Waals surface area contributed by atoms with Crippen LogP contribution in [-0.2, 0) is 5.41 Å². The van der Waals surface area contributed by atoms with Crippen molar-refractivity contribution in [3.05, 3.63) is 57.0 Å². The van der Waals surface area contributed by atoms with Crippen LogP contribution >= 0.6 is 27.5 Å². The van der Waals surface area contributed by atoms with Crippen molar-refractivity contribution >= 4 is 27.5 Å². The second-order valence-corrected chi connectivity index (χ2v) is 9.91. The number of rotatable bonds is 0. The van der Waals surface area contributed by atoms with E-state index in [1.165, 1.54) is 47.7 Å². The first-order chi connectivity index (χ1) is 11.7. The molecule has 2 heteroatoms. The van der Waals surface area contributed by atoms with E-state index in [0.29, 0.717) is 0 Å². The molecule has 5 aliphatic carbocycles. The van der Waals surface area contributed by atoms with Crippen LogP contribution < -0.4 is 0 Å². The minimum atomic E-state index is 0.256. The van der Waals surface area contributed by atoms with Gasteiger partial charge in [-0.15, -0.1) is 0 Å². The Morgan fingerprint density at radius 3 is 2.21 bits per heavy atom. The van der Waals surface area contributed by atoms with E-state index in [1.54, 1.807) is 11.1 Å². The highest BCUT2D eigenvalue weighted by atomic mass is 79.9. The van der Waals surface area contributed by atoms with E-state index >= 15 is 0 Å². The molecular formula is C22H20BrCl. The zero-order valence-corrected chi connectivity index (χ0v) is 15.9. The first-order valence-corrected chi connectivity index (χ1v) is 10.4. The molecule has 0 radical (unpaired) electrons. The monoisotopic (exact) mass is 398 g/mol. The average molecular weight is 400 g/mol. The van der Waals surface area contributed by atoms with Crippen molar-refractivity contribution in [2.45, 2.75) is 37.5 Å². The standard InChI is InChI=1S/C22H20BrCl/c23-16-1-3-18-19-11-17(24)2-4-20(19)22(21(18)10-16)14-6-12-5-13(8-14)9-15(22)7-12/h1-4,10-15H,5-9H2. The van der Waals surface area contributed by atoms with Crippen molar-refractivity contribution in [2.24, 2.45) is 23.7 Å². The Morgan fingerprint density at radius 1 is 0.792 bits per heavy atom. The lowest BCUT2D eigenvalue weighted by Crippen LogP contribution is -2.55. The largest absolute Gasteiger partial charge is 0.0843 e. The molecule has 0 nitrogen and oxygen atoms in total. The highest BCUT2D eigenvalue weighted by molar-refractivity contribution is 9.10. The fourth-order valence-corrected chi connectivity index (χ4v) is 7.68. The summed E-state index contributed by atoms with van der Waals surface area (Å²) < 4.78 is 1.22. The normalized spacial score (nSPS) is 37.8. The molecule has 5 aliphatic rings. The summed E-state index contributed by atoms with van der Waals surface area (Å²) in [5.74, 6) is 3.63. The third-order valence-corrected chi connectivity index (χ3v) is 8.30. The van der Waals surface area contributed by atoms with Gasteiger partial charge >= 0.3 is 0 Å². The zero-order valence-electron chi connectivity index (χ0n) is 13.6. The van der Waals surface area contributed by atoms with Crippen molar-refractivity contribution in [1.82, 2.24) is 0 Å². The van der Waals surface area contributed by atoms with E-state index in [2.05, 4.69) is 52.3 Å². The predicted molar refractivity (Wildman–Crippen MR) is 102 cm³/mol. The maximum atomic E-state index is 6.39. The third-order valence-electron chi connectivity index (χ3n) is 7.57. The first kappa shape index (κ1) is 14.4. The van der Waals surface area contributed by atoms with Crippen LogP contribution in [0.25, 0.3) is 11.1 Å². The number of hydrogen-bond donors (Lipinski definition) is 0. The van der Waals surface area contributed by atoms with Crippen molar-refractivity contribution in [3.63, 3.8) is 0 Å². The molecule has 0 amide bonds. The second kappa shape index (κ2) is 4.68. The highest BCUT2D eigenvalue weighted by Crippen LogP contribution is 2.69. The molecule has 2 aromatic carbocycles. The van der Waals surface area contributed by atoms with Gasteiger partial charge in [0.05, 0.1) is 0 Å². The molecule has 4 saturated carbocycles. The Kier molecular flexibility index (Phi) is 2.80. The molecular weight excluding hydrogens is 380 g/mol. The molecule has 0 N–H and O–H groups in total. The molecule has 0 aliphatic heterocycles. The molecule has 4 bridgehead atoms. The summed E-state index contributed by atoms with van der Waals surface area (Å²) in [6.45, 7) is 0. The molecule has 0 aromatic heterocycles. The number of hydrogen-bond acceptors (Lipinski definition) is 0. The van der Waals surface area contributed by atoms with E-state index < -0.39 is 0 Å². The van der Waals surface area contributed by atoms with E-state index in [0.717, 1.165) is 28.7 Å². The molecule has 0 heterocycles. The molecule has 24 heavy (non-hydrogen) atoms. The minimum Gasteiger partial charge on any atom is -0.0843 e. The second-order valence-electron chi connectivity index (χ2n) is 8.55. The Hall–Kier alpha value is -0.790. The van der Waals surface area contributed by atoms with Crippen LogP contribution in [0.5, 0.6) is 0 Å². The van der Waals surface area contributed by atoms with Crippen molar-refractivity contribution < 1.29 is 0 Å². The van der Waals surface area contributed by atoms with Crippen LogP contribution in [0.3, 0.4) is 0 Å². The average Bonchev–Trinajstić information content (AvgIpc) is 2.82. The van der Waals surface area contributed by atoms with Gasteiger partial charge in [-0.05, 0) is 102 Å². The molecule has 0 atom stereocenters. The zero-order chi connectivity index (χ0) is 16.1. The fourth-order valence-electron chi connectivity index (χ4n) is 7.15. The Balaban J connectivity index is 1.69. The number of benzene rings is 2. The Labute approximate surface area is 156 Å². The summed E-state index contributed by atoms with van der Waals surface area (Å²) in [4.78, 5) is 0. The minimum absolute atomic E-state index is 0.256. The smallest absolute Gasteiger partial charge is 0.0412 e. The van der Waals surface area contributed by atoms with Gasteiger partial charge in [0, 0.05) is 14.9 Å². The van der Waals surface area contributed by atoms with Gasteiger partial charge in [0.15, 0.2) is 0 Å². The quantitative estimate of drug-likeness (QED) is 0.455. The number of fused-ring (bicyclic) bond motifs is 3. The summed E-state index contributed by atoms with van der Waals surface area (Å²) in [5.41, 5.74) is 6.25. The van der Waals surface area contributed by atoms with Crippen molar-refractivity contribution in [3.8, 4) is 11.1 Å². The van der Waals surface area contributed by atoms with Crippen LogP contribution in [-0.4, -0.2) is 0 Å². The first-order valence-electron chi connectivity index (χ1n) is 9.26. The van der Waals surface area contributed by atoms with Gasteiger partial charge in [-0.1, -0.05) is 39.7 Å². The van der Waals surface area contributed by atoms with E-state index in [-0.39, 0.29) is 5.41 Å². The van der Waals surface area contributed by atoms with E-state index in [4.69, 9.17) is 11.6 Å². The fraction of sp³-hybridized carbons (Fsp3) is 0.455. The van der Waals surface area contributed by atoms with Gasteiger partial charge < -0.3 is 0 Å². The van der Waals surface area contributed by atoms with Gasteiger partial charge in [-0.2, -0.15) is 0 Å². The summed E-state index contributed by atoms with van der Waals surface area (Å²) in [6.07, 6.45) is 7.23. The van der Waals surface area contributed by atoms with Gasteiger partial charge in [-0.3, -0.25) is 0 Å². The molecule has 122 valence electrons. The third kappa shape index (κ3) is 1.62. The van der Waals surface area contributed by atoms with Gasteiger partial charge in [0.25, 0.3) is 0 Å². The highest BCUT2D eigenvalue weighted by Gasteiger charge is 2.61. The van der Waals surface area contributed by atoms with Crippen LogP contribution in [0.4, 0.5) is 0 Å². The molecule has 2 aromatic rings. The lowest BCUT2D eigenvalue weighted by Gasteiger charge is -2.61. The topological polar surface area (TPSA) is 0 Å². The summed E-state index contributed by atoms with van der Waals surface area (Å²) in [5, 5.41) is 0.864. The lowest BCUT2D eigenvalue weighted by atomic mass is 9.43. The van der Waals surface area contributed by atoms with Gasteiger partial charge in [0.1, 0.15) is 0 Å². The van der Waals surface area contributed by atoms with Crippen LogP contribution in [0.1, 0.15) is 43.2 Å². The van der Waals surface area contributed by atoms with Crippen LogP contribution in [0.15, 0.2) is 40.9 Å². The van der Waals surface area contributed by atoms with Gasteiger partial charge in [0.2, 0.25) is 0 Å². The molecule has 1 spiro atoms. The molecule has 0 unspecified atom stereocenters. The summed E-state index contributed by atoms with van der Waals surface area (Å²) in [6, 6.07) is 13.6. The van der Waals surface area contributed by atoms with Crippen molar-refractivity contribution in [2.75, 3.05) is 0 Å². The van der Waals surface area contributed by atoms with Gasteiger partial charge in [-0.25, -0.2) is 0 Å². The van der Waals surface area contributed by atoms with Crippen LogP contribution in [0.2, 0.25) is 5.02 Å².